The van der Waals surface area contributed by atoms with E-state index in [0.717, 1.165) is 37.7 Å². The first kappa shape index (κ1) is 19.5. The van der Waals surface area contributed by atoms with Crippen LogP contribution in [0.15, 0.2) is 39.9 Å². The van der Waals surface area contributed by atoms with Crippen molar-refractivity contribution in [2.75, 3.05) is 19.7 Å². The fraction of sp³-hybridized carbons (Fsp3) is 0.526. The molecule has 1 unspecified atom stereocenters. The van der Waals surface area contributed by atoms with Gasteiger partial charge in [0.25, 0.3) is 0 Å². The monoisotopic (exact) mass is 363 g/mol. The van der Waals surface area contributed by atoms with E-state index in [-0.39, 0.29) is 0 Å². The first-order valence-corrected chi connectivity index (χ1v) is 9.69. The molecule has 0 aromatic carbocycles. The zero-order valence-corrected chi connectivity index (χ0v) is 16.2. The molecule has 1 atom stereocenters. The summed E-state index contributed by atoms with van der Waals surface area (Å²) >= 11 is 1.86. The summed E-state index contributed by atoms with van der Waals surface area (Å²) in [5.41, 5.74) is 0. The largest absolute Gasteiger partial charge is 0.467 e. The standard InChI is InChI=1S/C19H29N3O2S/c1-4-20-19(22-15(2)13-18-9-8-16(3)25-18)21-10-6-11-23-14-17-7-5-12-24-17/h5,7-9,12,15H,4,6,10-11,13-14H2,1-3H3,(H2,20,21,22). The summed E-state index contributed by atoms with van der Waals surface area (Å²) in [6.07, 6.45) is 3.56. The van der Waals surface area contributed by atoms with E-state index in [4.69, 9.17) is 9.15 Å². The Hall–Kier alpha value is -1.79. The van der Waals surface area contributed by atoms with Crippen LogP contribution in [0.4, 0.5) is 0 Å². The third kappa shape index (κ3) is 7.75. The number of aliphatic imine (C=N–C) groups is 1. The van der Waals surface area contributed by atoms with Crippen LogP contribution in [0, 0.1) is 6.92 Å². The summed E-state index contributed by atoms with van der Waals surface area (Å²) in [5, 5.41) is 6.78. The van der Waals surface area contributed by atoms with Gasteiger partial charge in [-0.05, 0) is 51.5 Å². The van der Waals surface area contributed by atoms with Crippen LogP contribution in [-0.2, 0) is 17.8 Å². The average molecular weight is 364 g/mol. The van der Waals surface area contributed by atoms with Gasteiger partial charge < -0.3 is 19.8 Å². The molecule has 0 aliphatic rings. The van der Waals surface area contributed by atoms with E-state index in [9.17, 15) is 0 Å². The highest BCUT2D eigenvalue weighted by molar-refractivity contribution is 7.11. The van der Waals surface area contributed by atoms with E-state index in [1.165, 1.54) is 9.75 Å². The van der Waals surface area contributed by atoms with Crippen LogP contribution in [0.2, 0.25) is 0 Å². The zero-order chi connectivity index (χ0) is 17.9. The van der Waals surface area contributed by atoms with Gasteiger partial charge in [0, 0.05) is 41.9 Å². The normalized spacial score (nSPS) is 13.0. The Balaban J connectivity index is 1.67. The Bertz CT molecular complexity index is 622. The Morgan fingerprint density at radius 1 is 1.36 bits per heavy atom. The van der Waals surface area contributed by atoms with E-state index in [1.807, 2.05) is 23.5 Å². The van der Waals surface area contributed by atoms with Crippen LogP contribution >= 0.6 is 11.3 Å². The summed E-state index contributed by atoms with van der Waals surface area (Å²) in [7, 11) is 0. The predicted molar refractivity (Wildman–Crippen MR) is 104 cm³/mol. The topological polar surface area (TPSA) is 58.8 Å². The molecular weight excluding hydrogens is 334 g/mol. The SMILES string of the molecule is CCNC(=NCCCOCc1ccco1)NC(C)Cc1ccc(C)s1. The quantitative estimate of drug-likeness (QED) is 0.383. The van der Waals surface area contributed by atoms with Crippen molar-refractivity contribution in [2.45, 2.75) is 46.3 Å². The van der Waals surface area contributed by atoms with Crippen LogP contribution in [0.5, 0.6) is 0 Å². The van der Waals surface area contributed by atoms with E-state index in [0.29, 0.717) is 19.3 Å². The van der Waals surface area contributed by atoms with Crippen molar-refractivity contribution in [2.24, 2.45) is 4.99 Å². The van der Waals surface area contributed by atoms with Gasteiger partial charge >= 0.3 is 0 Å². The highest BCUT2D eigenvalue weighted by atomic mass is 32.1. The highest BCUT2D eigenvalue weighted by Gasteiger charge is 2.07. The van der Waals surface area contributed by atoms with Crippen molar-refractivity contribution in [1.29, 1.82) is 0 Å². The van der Waals surface area contributed by atoms with Gasteiger partial charge in [0.05, 0.1) is 6.26 Å². The minimum absolute atomic E-state index is 0.339. The Morgan fingerprint density at radius 2 is 2.24 bits per heavy atom. The maximum absolute atomic E-state index is 5.58. The molecule has 2 aromatic rings. The lowest BCUT2D eigenvalue weighted by Crippen LogP contribution is -2.43. The second-order valence-corrected chi connectivity index (χ2v) is 7.38. The molecule has 0 radical (unpaired) electrons. The van der Waals surface area contributed by atoms with Crippen LogP contribution in [-0.4, -0.2) is 31.7 Å². The molecule has 6 heteroatoms. The van der Waals surface area contributed by atoms with E-state index < -0.39 is 0 Å². The molecule has 2 N–H and O–H groups in total. The Labute approximate surface area is 154 Å². The van der Waals surface area contributed by atoms with Gasteiger partial charge in [-0.15, -0.1) is 11.3 Å². The molecule has 0 aliphatic heterocycles. The molecule has 0 saturated carbocycles. The van der Waals surface area contributed by atoms with Crippen molar-refractivity contribution in [1.82, 2.24) is 10.6 Å². The average Bonchev–Trinajstić information content (AvgIpc) is 3.22. The van der Waals surface area contributed by atoms with Gasteiger partial charge in [0.2, 0.25) is 0 Å². The molecule has 0 saturated heterocycles. The maximum Gasteiger partial charge on any atom is 0.191 e. The fourth-order valence-electron chi connectivity index (χ4n) is 2.43. The predicted octanol–water partition coefficient (Wildman–Crippen LogP) is 3.74. The van der Waals surface area contributed by atoms with E-state index in [2.05, 4.69) is 48.5 Å². The van der Waals surface area contributed by atoms with Gasteiger partial charge in [-0.1, -0.05) is 0 Å². The minimum Gasteiger partial charge on any atom is -0.467 e. The van der Waals surface area contributed by atoms with Crippen molar-refractivity contribution in [3.63, 3.8) is 0 Å². The van der Waals surface area contributed by atoms with Gasteiger partial charge in [-0.25, -0.2) is 0 Å². The molecule has 25 heavy (non-hydrogen) atoms. The summed E-state index contributed by atoms with van der Waals surface area (Å²) < 4.78 is 10.8. The van der Waals surface area contributed by atoms with Crippen LogP contribution in [0.1, 0.15) is 35.8 Å². The number of thiophene rings is 1. The van der Waals surface area contributed by atoms with Crippen LogP contribution in [0.3, 0.4) is 0 Å². The highest BCUT2D eigenvalue weighted by Crippen LogP contribution is 2.16. The zero-order valence-electron chi connectivity index (χ0n) is 15.4. The molecule has 2 rings (SSSR count). The first-order chi connectivity index (χ1) is 12.2. The van der Waals surface area contributed by atoms with E-state index >= 15 is 0 Å². The first-order valence-electron chi connectivity index (χ1n) is 8.87. The fourth-order valence-corrected chi connectivity index (χ4v) is 3.45. The lowest BCUT2D eigenvalue weighted by Gasteiger charge is -2.17. The van der Waals surface area contributed by atoms with Crippen LogP contribution < -0.4 is 10.6 Å². The van der Waals surface area contributed by atoms with Crippen molar-refractivity contribution >= 4 is 17.3 Å². The lowest BCUT2D eigenvalue weighted by molar-refractivity contribution is 0.105. The molecule has 2 aromatic heterocycles. The van der Waals surface area contributed by atoms with Crippen molar-refractivity contribution in [3.8, 4) is 0 Å². The van der Waals surface area contributed by atoms with Gasteiger partial charge in [-0.3, -0.25) is 4.99 Å². The molecule has 0 aliphatic carbocycles. The number of hydrogen-bond donors (Lipinski definition) is 2. The minimum atomic E-state index is 0.339. The third-order valence-corrected chi connectivity index (χ3v) is 4.59. The van der Waals surface area contributed by atoms with Gasteiger partial charge in [0.15, 0.2) is 5.96 Å². The van der Waals surface area contributed by atoms with E-state index in [1.54, 1.807) is 6.26 Å². The number of furan rings is 1. The molecule has 0 bridgehead atoms. The second kappa shape index (κ2) is 10.9. The summed E-state index contributed by atoms with van der Waals surface area (Å²) in [6.45, 7) is 9.20. The molecule has 0 amide bonds. The number of aryl methyl sites for hydroxylation is 1. The smallest absolute Gasteiger partial charge is 0.191 e. The number of nitrogens with zero attached hydrogens (tertiary/aromatic N) is 1. The molecule has 0 fully saturated rings. The molecule has 0 spiro atoms. The lowest BCUT2D eigenvalue weighted by atomic mass is 10.2. The number of guanidine groups is 1. The number of ether oxygens (including phenoxy) is 1. The molecule has 5 nitrogen and oxygen atoms in total. The molecule has 138 valence electrons. The molecule has 2 heterocycles. The second-order valence-electron chi connectivity index (χ2n) is 6.01. The Kier molecular flexibility index (Phi) is 8.55. The number of rotatable bonds is 10. The summed E-state index contributed by atoms with van der Waals surface area (Å²) in [5.74, 6) is 1.73. The maximum atomic E-state index is 5.58. The molecular formula is C19H29N3O2S. The van der Waals surface area contributed by atoms with Crippen molar-refractivity contribution < 1.29 is 9.15 Å². The summed E-state index contributed by atoms with van der Waals surface area (Å²) in [4.78, 5) is 7.39. The van der Waals surface area contributed by atoms with Crippen molar-refractivity contribution in [3.05, 3.63) is 46.0 Å². The van der Waals surface area contributed by atoms with Gasteiger partial charge in [0.1, 0.15) is 12.4 Å². The number of hydrogen-bond acceptors (Lipinski definition) is 4. The third-order valence-electron chi connectivity index (χ3n) is 3.57. The van der Waals surface area contributed by atoms with Gasteiger partial charge in [-0.2, -0.15) is 0 Å². The Morgan fingerprint density at radius 3 is 2.92 bits per heavy atom. The summed E-state index contributed by atoms with van der Waals surface area (Å²) in [6, 6.07) is 8.51. The number of nitrogens with one attached hydrogen (secondary N) is 2. The van der Waals surface area contributed by atoms with Crippen LogP contribution in [0.25, 0.3) is 0 Å².